The molecule has 24 heavy (non-hydrogen) atoms. The number of rotatable bonds is 5. The molecule has 2 aromatic rings. The molecule has 0 atom stereocenters. The van der Waals surface area contributed by atoms with E-state index in [4.69, 9.17) is 0 Å². The second kappa shape index (κ2) is 8.53. The average Bonchev–Trinajstić information content (AvgIpc) is 2.64. The first-order valence-corrected chi connectivity index (χ1v) is 9.83. The second-order valence-corrected chi connectivity index (χ2v) is 7.58. The number of carbonyl (C=O) groups is 1. The van der Waals surface area contributed by atoms with Gasteiger partial charge >= 0.3 is 0 Å². The molecule has 0 bridgehead atoms. The molecule has 0 radical (unpaired) electrons. The van der Waals surface area contributed by atoms with Crippen LogP contribution in [0.4, 0.5) is 5.82 Å². The fourth-order valence-corrected chi connectivity index (χ4v) is 4.20. The van der Waals surface area contributed by atoms with Crippen LogP contribution in [0.3, 0.4) is 0 Å². The number of carbonyl (C=O) groups excluding carboxylic acids is 1. The lowest BCUT2D eigenvalue weighted by molar-refractivity contribution is -0.131. The van der Waals surface area contributed by atoms with E-state index < -0.39 is 0 Å². The number of thioether (sulfide) groups is 1. The number of anilines is 1. The topological polar surface area (TPSA) is 36.4 Å². The van der Waals surface area contributed by atoms with E-state index in [1.165, 1.54) is 4.90 Å². The van der Waals surface area contributed by atoms with Crippen LogP contribution in [0.2, 0.25) is 0 Å². The molecule has 1 amide bonds. The molecular weight excluding hydrogens is 386 g/mol. The number of hydrogen-bond donors (Lipinski definition) is 0. The van der Waals surface area contributed by atoms with Crippen molar-refractivity contribution in [2.75, 3.05) is 36.8 Å². The molecule has 1 aliphatic rings. The third-order valence-corrected chi connectivity index (χ3v) is 6.04. The van der Waals surface area contributed by atoms with Crippen molar-refractivity contribution >= 4 is 39.4 Å². The monoisotopic (exact) mass is 405 g/mol. The Kier molecular flexibility index (Phi) is 6.15. The van der Waals surface area contributed by atoms with E-state index in [0.29, 0.717) is 6.42 Å². The molecule has 1 fully saturated rings. The molecule has 4 nitrogen and oxygen atoms in total. The second-order valence-electron chi connectivity index (χ2n) is 5.58. The molecule has 6 heteroatoms. The van der Waals surface area contributed by atoms with Crippen molar-refractivity contribution in [2.45, 2.75) is 11.3 Å². The van der Waals surface area contributed by atoms with Crippen LogP contribution < -0.4 is 4.90 Å². The Morgan fingerprint density at radius 2 is 1.83 bits per heavy atom. The van der Waals surface area contributed by atoms with Gasteiger partial charge in [-0.05, 0) is 40.2 Å². The molecule has 0 N–H and O–H groups in total. The maximum Gasteiger partial charge on any atom is 0.223 e. The Bertz CT molecular complexity index is 675. The van der Waals surface area contributed by atoms with Crippen LogP contribution in [-0.2, 0) is 4.79 Å². The van der Waals surface area contributed by atoms with Crippen LogP contribution >= 0.6 is 27.7 Å². The van der Waals surface area contributed by atoms with E-state index in [9.17, 15) is 4.79 Å². The first-order valence-electron chi connectivity index (χ1n) is 8.05. The van der Waals surface area contributed by atoms with Gasteiger partial charge in [0.1, 0.15) is 5.82 Å². The minimum atomic E-state index is 0.246. The minimum Gasteiger partial charge on any atom is -0.353 e. The number of aromatic nitrogens is 1. The average molecular weight is 406 g/mol. The third-order valence-electron chi connectivity index (χ3n) is 4.02. The summed E-state index contributed by atoms with van der Waals surface area (Å²) >= 11 is 5.26. The molecule has 1 aliphatic heterocycles. The maximum atomic E-state index is 12.4. The fourth-order valence-electron chi connectivity index (χ4n) is 2.69. The van der Waals surface area contributed by atoms with E-state index in [0.717, 1.165) is 42.2 Å². The van der Waals surface area contributed by atoms with Gasteiger partial charge in [-0.15, -0.1) is 11.8 Å². The van der Waals surface area contributed by atoms with E-state index in [-0.39, 0.29) is 5.91 Å². The molecule has 0 spiro atoms. The van der Waals surface area contributed by atoms with Crippen LogP contribution in [0.25, 0.3) is 0 Å². The van der Waals surface area contributed by atoms with Crippen molar-refractivity contribution in [1.29, 1.82) is 0 Å². The Hall–Kier alpha value is -1.53. The van der Waals surface area contributed by atoms with Gasteiger partial charge in [0.05, 0.1) is 0 Å². The number of benzene rings is 1. The predicted molar refractivity (Wildman–Crippen MR) is 103 cm³/mol. The summed E-state index contributed by atoms with van der Waals surface area (Å²) in [7, 11) is 0. The highest BCUT2D eigenvalue weighted by Crippen LogP contribution is 2.27. The predicted octanol–water partition coefficient (Wildman–Crippen LogP) is 3.68. The van der Waals surface area contributed by atoms with Gasteiger partial charge in [-0.2, -0.15) is 0 Å². The van der Waals surface area contributed by atoms with Gasteiger partial charge in [-0.1, -0.05) is 18.2 Å². The van der Waals surface area contributed by atoms with Crippen molar-refractivity contribution in [3.8, 4) is 0 Å². The standard InChI is InChI=1S/C18H20BrN3OS/c19-15-5-1-2-6-16(15)24-14-8-18(23)22-12-10-21(11-13-22)17-7-3-4-9-20-17/h1-7,9H,8,10-14H2. The Labute approximate surface area is 155 Å². The summed E-state index contributed by atoms with van der Waals surface area (Å²) in [6.07, 6.45) is 2.39. The normalized spacial score (nSPS) is 14.7. The first kappa shape index (κ1) is 17.3. The molecule has 3 rings (SSSR count). The lowest BCUT2D eigenvalue weighted by atomic mass is 10.3. The molecule has 1 aromatic carbocycles. The van der Waals surface area contributed by atoms with Crippen molar-refractivity contribution in [2.24, 2.45) is 0 Å². The number of hydrogen-bond acceptors (Lipinski definition) is 4. The van der Waals surface area contributed by atoms with Crippen molar-refractivity contribution in [3.63, 3.8) is 0 Å². The van der Waals surface area contributed by atoms with Gasteiger partial charge in [0.15, 0.2) is 0 Å². The van der Waals surface area contributed by atoms with Gasteiger partial charge in [0, 0.05) is 53.9 Å². The lowest BCUT2D eigenvalue weighted by Crippen LogP contribution is -2.49. The zero-order valence-electron chi connectivity index (χ0n) is 13.4. The highest BCUT2D eigenvalue weighted by Gasteiger charge is 2.21. The summed E-state index contributed by atoms with van der Waals surface area (Å²) in [6, 6.07) is 14.1. The number of halogens is 1. The number of amides is 1. The van der Waals surface area contributed by atoms with Gasteiger partial charge in [-0.3, -0.25) is 4.79 Å². The Balaban J connectivity index is 1.43. The summed E-state index contributed by atoms with van der Waals surface area (Å²) in [5.41, 5.74) is 0. The van der Waals surface area contributed by atoms with Gasteiger partial charge in [-0.25, -0.2) is 4.98 Å². The highest BCUT2D eigenvalue weighted by molar-refractivity contribution is 9.10. The number of piperazine rings is 1. The van der Waals surface area contributed by atoms with Crippen LogP contribution in [0.15, 0.2) is 58.0 Å². The summed E-state index contributed by atoms with van der Waals surface area (Å²) in [5.74, 6) is 2.05. The van der Waals surface area contributed by atoms with Crippen LogP contribution in [0, 0.1) is 0 Å². The van der Waals surface area contributed by atoms with E-state index in [2.05, 4.69) is 31.9 Å². The van der Waals surface area contributed by atoms with E-state index in [1.54, 1.807) is 11.8 Å². The summed E-state index contributed by atoms with van der Waals surface area (Å²) < 4.78 is 1.09. The fraction of sp³-hybridized carbons (Fsp3) is 0.333. The molecule has 0 unspecified atom stereocenters. The van der Waals surface area contributed by atoms with Crippen LogP contribution in [0.1, 0.15) is 6.42 Å². The van der Waals surface area contributed by atoms with Crippen LogP contribution in [0.5, 0.6) is 0 Å². The summed E-state index contributed by atoms with van der Waals surface area (Å²) in [5, 5.41) is 0. The van der Waals surface area contributed by atoms with Crippen molar-refractivity contribution in [3.05, 3.63) is 53.1 Å². The molecule has 126 valence electrons. The quantitative estimate of drug-likeness (QED) is 0.710. The minimum absolute atomic E-state index is 0.246. The summed E-state index contributed by atoms with van der Waals surface area (Å²) in [6.45, 7) is 3.24. The van der Waals surface area contributed by atoms with Gasteiger partial charge in [0.2, 0.25) is 5.91 Å². The first-order chi connectivity index (χ1) is 11.7. The lowest BCUT2D eigenvalue weighted by Gasteiger charge is -2.35. The van der Waals surface area contributed by atoms with Gasteiger partial charge < -0.3 is 9.80 Å². The summed E-state index contributed by atoms with van der Waals surface area (Å²) in [4.78, 5) is 22.2. The van der Waals surface area contributed by atoms with Crippen LogP contribution in [-0.4, -0.2) is 47.7 Å². The number of nitrogens with zero attached hydrogens (tertiary/aromatic N) is 3. The molecule has 0 saturated carbocycles. The van der Waals surface area contributed by atoms with Crippen molar-refractivity contribution in [1.82, 2.24) is 9.88 Å². The molecule has 0 aliphatic carbocycles. The maximum absolute atomic E-state index is 12.4. The zero-order valence-corrected chi connectivity index (χ0v) is 15.8. The molecule has 1 saturated heterocycles. The largest absolute Gasteiger partial charge is 0.353 e. The van der Waals surface area contributed by atoms with Crippen molar-refractivity contribution < 1.29 is 4.79 Å². The molecule has 1 aromatic heterocycles. The zero-order chi connectivity index (χ0) is 16.8. The van der Waals surface area contributed by atoms with E-state index >= 15 is 0 Å². The molecule has 2 heterocycles. The Morgan fingerprint density at radius 1 is 1.08 bits per heavy atom. The van der Waals surface area contributed by atoms with Gasteiger partial charge in [0.25, 0.3) is 0 Å². The third kappa shape index (κ3) is 4.51. The smallest absolute Gasteiger partial charge is 0.223 e. The Morgan fingerprint density at radius 3 is 2.54 bits per heavy atom. The van der Waals surface area contributed by atoms with E-state index in [1.807, 2.05) is 47.5 Å². The SMILES string of the molecule is O=C(CCSc1ccccc1Br)N1CCN(c2ccccn2)CC1. The number of pyridine rings is 1. The highest BCUT2D eigenvalue weighted by atomic mass is 79.9. The molecular formula is C18H20BrN3OS.